The van der Waals surface area contributed by atoms with Gasteiger partial charge >= 0.3 is 6.03 Å². The van der Waals surface area contributed by atoms with Gasteiger partial charge in [-0.15, -0.1) is 10.2 Å². The smallest absolute Gasteiger partial charge is 0.321 e. The SMILES string of the molecule is CC1CCN(c2nnc(S[C@@H](C)C(=O)NC(=O)NC(C)C)n2Cc2ccco2)CC1. The van der Waals surface area contributed by atoms with Gasteiger partial charge in [-0.3, -0.25) is 14.7 Å². The number of urea groups is 1. The van der Waals surface area contributed by atoms with Crippen molar-refractivity contribution in [3.8, 4) is 0 Å². The first-order valence-corrected chi connectivity index (χ1v) is 11.2. The van der Waals surface area contributed by atoms with Crippen molar-refractivity contribution in [2.24, 2.45) is 5.92 Å². The number of nitrogens with one attached hydrogen (secondary N) is 2. The first-order valence-electron chi connectivity index (χ1n) is 10.3. The van der Waals surface area contributed by atoms with Crippen molar-refractivity contribution < 1.29 is 14.0 Å². The van der Waals surface area contributed by atoms with E-state index < -0.39 is 11.3 Å². The molecule has 10 heteroatoms. The maximum atomic E-state index is 12.4. The normalized spacial score (nSPS) is 16.0. The number of rotatable bonds is 7. The number of aromatic nitrogens is 3. The van der Waals surface area contributed by atoms with Crippen molar-refractivity contribution in [2.45, 2.75) is 63.5 Å². The monoisotopic (exact) mass is 434 g/mol. The number of hydrogen-bond acceptors (Lipinski definition) is 7. The molecule has 1 aliphatic rings. The van der Waals surface area contributed by atoms with E-state index in [1.54, 1.807) is 13.2 Å². The Hall–Kier alpha value is -2.49. The van der Waals surface area contributed by atoms with Crippen LogP contribution in [0.1, 0.15) is 46.3 Å². The molecule has 1 aliphatic heterocycles. The molecule has 30 heavy (non-hydrogen) atoms. The van der Waals surface area contributed by atoms with Crippen LogP contribution in [0.2, 0.25) is 0 Å². The predicted octanol–water partition coefficient (Wildman–Crippen LogP) is 2.87. The molecule has 3 heterocycles. The number of furan rings is 1. The highest BCUT2D eigenvalue weighted by Crippen LogP contribution is 2.29. The van der Waals surface area contributed by atoms with Gasteiger partial charge in [-0.25, -0.2) is 4.79 Å². The molecule has 0 saturated carbocycles. The molecule has 0 aliphatic carbocycles. The summed E-state index contributed by atoms with van der Waals surface area (Å²) in [6, 6.07) is 3.20. The summed E-state index contributed by atoms with van der Waals surface area (Å²) in [7, 11) is 0. The van der Waals surface area contributed by atoms with Gasteiger partial charge in [0.05, 0.1) is 18.1 Å². The van der Waals surface area contributed by atoms with Crippen LogP contribution in [0.5, 0.6) is 0 Å². The Labute approximate surface area is 181 Å². The molecule has 2 aromatic heterocycles. The Bertz CT molecular complexity index is 843. The van der Waals surface area contributed by atoms with Crippen molar-refractivity contribution in [2.75, 3.05) is 18.0 Å². The predicted molar refractivity (Wildman–Crippen MR) is 116 cm³/mol. The van der Waals surface area contributed by atoms with E-state index >= 15 is 0 Å². The molecular weight excluding hydrogens is 404 g/mol. The zero-order valence-corrected chi connectivity index (χ0v) is 18.7. The number of carbonyl (C=O) groups is 2. The molecule has 2 aromatic rings. The highest BCUT2D eigenvalue weighted by atomic mass is 32.2. The van der Waals surface area contributed by atoms with Crippen LogP contribution >= 0.6 is 11.8 Å². The summed E-state index contributed by atoms with van der Waals surface area (Å²) in [5.74, 6) is 1.90. The number of nitrogens with zero attached hydrogens (tertiary/aromatic N) is 4. The van der Waals surface area contributed by atoms with Gasteiger partial charge in [-0.05, 0) is 51.7 Å². The van der Waals surface area contributed by atoms with E-state index in [9.17, 15) is 9.59 Å². The van der Waals surface area contributed by atoms with Gasteiger partial charge in [-0.2, -0.15) is 0 Å². The Kier molecular flexibility index (Phi) is 7.41. The topological polar surface area (TPSA) is 105 Å². The maximum Gasteiger partial charge on any atom is 0.321 e. The lowest BCUT2D eigenvalue weighted by Gasteiger charge is -2.31. The fraction of sp³-hybridized carbons (Fsp3) is 0.600. The summed E-state index contributed by atoms with van der Waals surface area (Å²) < 4.78 is 7.51. The second kappa shape index (κ2) is 10.0. The Morgan fingerprint density at radius 1 is 1.27 bits per heavy atom. The molecule has 2 N–H and O–H groups in total. The first-order chi connectivity index (χ1) is 14.3. The molecular formula is C20H30N6O3S. The largest absolute Gasteiger partial charge is 0.467 e. The first kappa shape index (κ1) is 22.2. The number of carbonyl (C=O) groups excluding carboxylic acids is 2. The fourth-order valence-corrected chi connectivity index (χ4v) is 4.07. The van der Waals surface area contributed by atoms with E-state index in [4.69, 9.17) is 4.42 Å². The van der Waals surface area contributed by atoms with E-state index in [0.717, 1.165) is 37.6 Å². The van der Waals surface area contributed by atoms with Crippen LogP contribution < -0.4 is 15.5 Å². The Balaban J connectivity index is 1.74. The third-order valence-corrected chi connectivity index (χ3v) is 6.05. The van der Waals surface area contributed by atoms with E-state index in [1.807, 2.05) is 30.5 Å². The summed E-state index contributed by atoms with van der Waals surface area (Å²) in [5.41, 5.74) is 0. The lowest BCUT2D eigenvalue weighted by Crippen LogP contribution is -2.45. The minimum absolute atomic E-state index is 0.0491. The van der Waals surface area contributed by atoms with Gasteiger partial charge in [0.1, 0.15) is 5.76 Å². The number of hydrogen-bond donors (Lipinski definition) is 2. The molecule has 0 bridgehead atoms. The van der Waals surface area contributed by atoms with E-state index in [0.29, 0.717) is 17.6 Å². The van der Waals surface area contributed by atoms with Crippen LogP contribution in [0.15, 0.2) is 28.0 Å². The molecule has 9 nitrogen and oxygen atoms in total. The molecule has 1 fully saturated rings. The van der Waals surface area contributed by atoms with Crippen molar-refractivity contribution in [3.63, 3.8) is 0 Å². The number of imide groups is 1. The van der Waals surface area contributed by atoms with Crippen LogP contribution in [-0.2, 0) is 11.3 Å². The zero-order chi connectivity index (χ0) is 21.7. The maximum absolute atomic E-state index is 12.4. The average Bonchev–Trinajstić information content (AvgIpc) is 3.33. The van der Waals surface area contributed by atoms with Crippen molar-refractivity contribution in [1.82, 2.24) is 25.4 Å². The highest BCUT2D eigenvalue weighted by molar-refractivity contribution is 8.00. The van der Waals surface area contributed by atoms with Gasteiger partial charge in [-0.1, -0.05) is 18.7 Å². The van der Waals surface area contributed by atoms with E-state index in [-0.39, 0.29) is 11.9 Å². The van der Waals surface area contributed by atoms with Gasteiger partial charge in [0.2, 0.25) is 11.9 Å². The molecule has 0 radical (unpaired) electrons. The number of thioether (sulfide) groups is 1. The lowest BCUT2D eigenvalue weighted by atomic mass is 10.00. The van der Waals surface area contributed by atoms with Crippen molar-refractivity contribution >= 4 is 29.6 Å². The van der Waals surface area contributed by atoms with Crippen LogP contribution in [0.25, 0.3) is 0 Å². The number of piperidine rings is 1. The minimum Gasteiger partial charge on any atom is -0.467 e. The third-order valence-electron chi connectivity index (χ3n) is 4.97. The zero-order valence-electron chi connectivity index (χ0n) is 17.9. The van der Waals surface area contributed by atoms with E-state index in [2.05, 4.69) is 32.7 Å². The fourth-order valence-electron chi connectivity index (χ4n) is 3.23. The average molecular weight is 435 g/mol. The van der Waals surface area contributed by atoms with Crippen LogP contribution in [0, 0.1) is 5.92 Å². The summed E-state index contributed by atoms with van der Waals surface area (Å²) in [4.78, 5) is 26.5. The summed E-state index contributed by atoms with van der Waals surface area (Å²) >= 11 is 1.28. The highest BCUT2D eigenvalue weighted by Gasteiger charge is 2.26. The minimum atomic E-state index is -0.517. The van der Waals surface area contributed by atoms with Crippen molar-refractivity contribution in [3.05, 3.63) is 24.2 Å². The number of anilines is 1. The Morgan fingerprint density at radius 2 is 2.00 bits per heavy atom. The van der Waals surface area contributed by atoms with Gasteiger partial charge in [0.15, 0.2) is 5.16 Å². The van der Waals surface area contributed by atoms with Gasteiger partial charge in [0, 0.05) is 19.1 Å². The summed E-state index contributed by atoms with van der Waals surface area (Å²) in [5, 5.41) is 13.9. The van der Waals surface area contributed by atoms with Crippen LogP contribution in [0.4, 0.5) is 10.7 Å². The lowest BCUT2D eigenvalue weighted by molar-refractivity contribution is -0.119. The molecule has 3 amide bonds. The molecule has 0 unspecified atom stereocenters. The van der Waals surface area contributed by atoms with E-state index in [1.165, 1.54) is 11.8 Å². The third kappa shape index (κ3) is 5.78. The second-order valence-electron chi connectivity index (χ2n) is 8.00. The molecule has 0 aromatic carbocycles. The standard InChI is InChI=1S/C20H30N6O3S/c1-13(2)21-18(28)22-17(27)15(4)30-20-24-23-19(25-9-7-14(3)8-10-25)26(20)12-16-6-5-11-29-16/h5-6,11,13-15H,7-10,12H2,1-4H3,(H2,21,22,27,28)/t15-/m0/s1. The molecule has 1 atom stereocenters. The van der Waals surface area contributed by atoms with Crippen LogP contribution in [-0.4, -0.2) is 51.1 Å². The molecule has 3 rings (SSSR count). The summed E-state index contributed by atoms with van der Waals surface area (Å²) in [6.07, 6.45) is 3.86. The van der Waals surface area contributed by atoms with Gasteiger partial charge < -0.3 is 14.6 Å². The Morgan fingerprint density at radius 3 is 2.63 bits per heavy atom. The number of amides is 3. The van der Waals surface area contributed by atoms with Crippen molar-refractivity contribution in [1.29, 1.82) is 0 Å². The van der Waals surface area contributed by atoms with Crippen LogP contribution in [0.3, 0.4) is 0 Å². The molecule has 1 saturated heterocycles. The second-order valence-corrected chi connectivity index (χ2v) is 9.30. The molecule has 164 valence electrons. The molecule has 0 spiro atoms. The van der Waals surface area contributed by atoms with Gasteiger partial charge in [0.25, 0.3) is 0 Å². The quantitative estimate of drug-likeness (QED) is 0.646. The summed E-state index contributed by atoms with van der Waals surface area (Å²) in [6.45, 7) is 10.0.